The van der Waals surface area contributed by atoms with Gasteiger partial charge in [-0.3, -0.25) is 9.59 Å². The molecule has 1 saturated carbocycles. The average Bonchev–Trinajstić information content (AvgIpc) is 3.75. The minimum absolute atomic E-state index is 0.0114. The topological polar surface area (TPSA) is 125 Å². The van der Waals surface area contributed by atoms with Crippen molar-refractivity contribution in [1.82, 2.24) is 25.1 Å². The Labute approximate surface area is 213 Å². The summed E-state index contributed by atoms with van der Waals surface area (Å²) in [6, 6.07) is 4.30. The van der Waals surface area contributed by atoms with Crippen LogP contribution in [0, 0.1) is 5.82 Å². The summed E-state index contributed by atoms with van der Waals surface area (Å²) in [5.74, 6) is -1.03. The molecule has 0 atom stereocenters. The zero-order valence-corrected chi connectivity index (χ0v) is 20.4. The summed E-state index contributed by atoms with van der Waals surface area (Å²) in [4.78, 5) is 48.8. The van der Waals surface area contributed by atoms with E-state index in [4.69, 9.17) is 4.74 Å². The van der Waals surface area contributed by atoms with E-state index < -0.39 is 11.9 Å². The number of ether oxygens (including phenoxy) is 1. The van der Waals surface area contributed by atoms with Crippen molar-refractivity contribution in [3.8, 4) is 11.4 Å². The van der Waals surface area contributed by atoms with Crippen LogP contribution in [0.25, 0.3) is 11.4 Å². The Bertz CT molecular complexity index is 1160. The van der Waals surface area contributed by atoms with Crippen molar-refractivity contribution in [3.63, 3.8) is 0 Å². The molecule has 0 bridgehead atoms. The van der Waals surface area contributed by atoms with Gasteiger partial charge in [0, 0.05) is 62.4 Å². The van der Waals surface area contributed by atoms with Gasteiger partial charge in [0.05, 0.1) is 11.1 Å². The van der Waals surface area contributed by atoms with Crippen LogP contribution in [-0.4, -0.2) is 87.2 Å². The summed E-state index contributed by atoms with van der Waals surface area (Å²) in [6.45, 7) is 1.98. The normalized spacial score (nSPS) is 18.9. The van der Waals surface area contributed by atoms with Gasteiger partial charge in [-0.2, -0.15) is 0 Å². The molecule has 3 aliphatic rings. The predicted octanol–water partition coefficient (Wildman–Crippen LogP) is 2.94. The summed E-state index contributed by atoms with van der Waals surface area (Å²) in [7, 11) is 0. The molecule has 2 aliphatic heterocycles. The molecule has 3 amide bonds. The van der Waals surface area contributed by atoms with E-state index in [2.05, 4.69) is 15.3 Å². The number of carbonyl (C=O) groups excluding carboxylic acids is 2. The molecular weight excluding hydrogens is 481 g/mol. The molecule has 5 rings (SSSR count). The third kappa shape index (κ3) is 5.71. The number of carbonyl (C=O) groups is 3. The van der Waals surface area contributed by atoms with Gasteiger partial charge in [-0.15, -0.1) is 0 Å². The second-order valence-electron chi connectivity index (χ2n) is 9.79. The van der Waals surface area contributed by atoms with Gasteiger partial charge in [-0.1, -0.05) is 0 Å². The molecular formula is C26H30FN5O5. The number of nitrogens with zero attached hydrogens (tertiary/aromatic N) is 4. The van der Waals surface area contributed by atoms with E-state index in [1.54, 1.807) is 0 Å². The molecule has 11 heteroatoms. The summed E-state index contributed by atoms with van der Waals surface area (Å²) >= 11 is 0. The summed E-state index contributed by atoms with van der Waals surface area (Å²) in [5.41, 5.74) is 0.666. The van der Waals surface area contributed by atoms with E-state index in [-0.39, 0.29) is 46.9 Å². The van der Waals surface area contributed by atoms with E-state index >= 15 is 0 Å². The van der Waals surface area contributed by atoms with Gasteiger partial charge in [0.15, 0.2) is 5.82 Å². The fraction of sp³-hybridized carbons (Fsp3) is 0.500. The van der Waals surface area contributed by atoms with Crippen molar-refractivity contribution in [2.45, 2.75) is 56.7 Å². The smallest absolute Gasteiger partial charge is 0.407 e. The van der Waals surface area contributed by atoms with Crippen molar-refractivity contribution >= 4 is 17.9 Å². The molecule has 1 aliphatic carbocycles. The van der Waals surface area contributed by atoms with E-state index in [1.807, 2.05) is 4.90 Å². The Hall–Kier alpha value is -3.60. The van der Waals surface area contributed by atoms with Crippen LogP contribution < -0.4 is 5.32 Å². The fourth-order valence-electron chi connectivity index (χ4n) is 4.99. The van der Waals surface area contributed by atoms with Gasteiger partial charge in [0.25, 0.3) is 11.8 Å². The number of carboxylic acid groups (broad SMARTS) is 1. The van der Waals surface area contributed by atoms with Crippen LogP contribution in [0.15, 0.2) is 30.6 Å². The number of rotatable bonds is 6. The zero-order chi connectivity index (χ0) is 25.9. The van der Waals surface area contributed by atoms with Gasteiger partial charge in [-0.05, 0) is 56.7 Å². The molecule has 1 aromatic carbocycles. The highest BCUT2D eigenvalue weighted by Gasteiger charge is 2.39. The highest BCUT2D eigenvalue weighted by atomic mass is 19.1. The van der Waals surface area contributed by atoms with Crippen LogP contribution in [0.2, 0.25) is 0 Å². The number of amides is 3. The lowest BCUT2D eigenvalue weighted by atomic mass is 10.0. The monoisotopic (exact) mass is 511 g/mol. The van der Waals surface area contributed by atoms with Gasteiger partial charge in [-0.25, -0.2) is 19.2 Å². The minimum atomic E-state index is -0.938. The number of piperidine rings is 1. The molecule has 3 fully saturated rings. The summed E-state index contributed by atoms with van der Waals surface area (Å²) in [6.07, 6.45) is 6.34. The highest BCUT2D eigenvalue weighted by molar-refractivity contribution is 5.95. The van der Waals surface area contributed by atoms with E-state index in [0.717, 1.165) is 25.7 Å². The largest absolute Gasteiger partial charge is 0.465 e. The van der Waals surface area contributed by atoms with Crippen LogP contribution >= 0.6 is 0 Å². The lowest BCUT2D eigenvalue weighted by Gasteiger charge is -2.37. The van der Waals surface area contributed by atoms with Crippen LogP contribution in [0.1, 0.15) is 59.2 Å². The van der Waals surface area contributed by atoms with Crippen molar-refractivity contribution in [2.75, 3.05) is 26.3 Å². The third-order valence-corrected chi connectivity index (χ3v) is 7.23. The standard InChI is InChI=1S/C26H30FN5O5/c27-22-13-16(24(33)30-18-7-11-37-12-8-18)1-4-21(22)23-28-14-17(15-29-23)25(34)32(19-2-3-19)20-5-9-31(10-6-20)26(35)36/h1,4,13-15,18-20H,2-3,5-12H2,(H,30,33)(H,35,36). The van der Waals surface area contributed by atoms with Gasteiger partial charge >= 0.3 is 6.09 Å². The number of nitrogens with one attached hydrogen (secondary N) is 1. The maximum Gasteiger partial charge on any atom is 0.407 e. The molecule has 3 heterocycles. The Morgan fingerprint density at radius 3 is 2.22 bits per heavy atom. The minimum Gasteiger partial charge on any atom is -0.465 e. The van der Waals surface area contributed by atoms with E-state index in [0.29, 0.717) is 44.7 Å². The summed E-state index contributed by atoms with van der Waals surface area (Å²) < 4.78 is 20.2. The SMILES string of the molecule is O=C(NC1CCOCC1)c1ccc(-c2ncc(C(=O)N(C3CC3)C3CCN(C(=O)O)CC3)cn2)c(F)c1. The van der Waals surface area contributed by atoms with Crippen molar-refractivity contribution in [3.05, 3.63) is 47.5 Å². The Morgan fingerprint density at radius 2 is 1.62 bits per heavy atom. The molecule has 196 valence electrons. The van der Waals surface area contributed by atoms with E-state index in [9.17, 15) is 23.9 Å². The van der Waals surface area contributed by atoms with Crippen molar-refractivity contribution in [2.24, 2.45) is 0 Å². The molecule has 10 nitrogen and oxygen atoms in total. The van der Waals surface area contributed by atoms with Crippen LogP contribution in [-0.2, 0) is 4.74 Å². The number of hydrogen-bond donors (Lipinski definition) is 2. The number of benzene rings is 1. The first-order valence-corrected chi connectivity index (χ1v) is 12.7. The molecule has 0 radical (unpaired) electrons. The molecule has 2 N–H and O–H groups in total. The van der Waals surface area contributed by atoms with Crippen molar-refractivity contribution < 1.29 is 28.6 Å². The van der Waals surface area contributed by atoms with E-state index in [1.165, 1.54) is 35.5 Å². The number of hydrogen-bond acceptors (Lipinski definition) is 6. The lowest BCUT2D eigenvalue weighted by molar-refractivity contribution is 0.0550. The third-order valence-electron chi connectivity index (χ3n) is 7.23. The van der Waals surface area contributed by atoms with Crippen molar-refractivity contribution in [1.29, 1.82) is 0 Å². The molecule has 2 aromatic rings. The molecule has 1 aromatic heterocycles. The quantitative estimate of drug-likeness (QED) is 0.611. The lowest BCUT2D eigenvalue weighted by Crippen LogP contribution is -2.49. The second kappa shape index (κ2) is 10.8. The Morgan fingerprint density at radius 1 is 0.973 bits per heavy atom. The summed E-state index contributed by atoms with van der Waals surface area (Å²) in [5, 5.41) is 12.1. The number of aromatic nitrogens is 2. The molecule has 0 unspecified atom stereocenters. The average molecular weight is 512 g/mol. The number of halogens is 1. The number of likely N-dealkylation sites (tertiary alicyclic amines) is 1. The van der Waals surface area contributed by atoms with Gasteiger partial charge in [0.1, 0.15) is 5.82 Å². The first-order chi connectivity index (χ1) is 17.9. The maximum atomic E-state index is 14.9. The second-order valence-corrected chi connectivity index (χ2v) is 9.79. The molecule has 37 heavy (non-hydrogen) atoms. The maximum absolute atomic E-state index is 14.9. The van der Waals surface area contributed by atoms with Crippen LogP contribution in [0.4, 0.5) is 9.18 Å². The fourth-order valence-corrected chi connectivity index (χ4v) is 4.99. The van der Waals surface area contributed by atoms with Gasteiger partial charge < -0.3 is 25.0 Å². The Balaban J connectivity index is 1.26. The predicted molar refractivity (Wildman–Crippen MR) is 131 cm³/mol. The Kier molecular flexibility index (Phi) is 7.31. The zero-order valence-electron chi connectivity index (χ0n) is 20.4. The first kappa shape index (κ1) is 25.1. The molecule has 0 spiro atoms. The van der Waals surface area contributed by atoms with Crippen LogP contribution in [0.5, 0.6) is 0 Å². The van der Waals surface area contributed by atoms with Crippen LogP contribution in [0.3, 0.4) is 0 Å². The highest BCUT2D eigenvalue weighted by Crippen LogP contribution is 2.33. The first-order valence-electron chi connectivity index (χ1n) is 12.7. The van der Waals surface area contributed by atoms with Gasteiger partial charge in [0.2, 0.25) is 0 Å². The molecule has 2 saturated heterocycles.